The molecule has 1 aliphatic rings. The molecule has 0 aliphatic carbocycles. The van der Waals surface area contributed by atoms with Crippen molar-refractivity contribution in [2.75, 3.05) is 25.6 Å². The lowest BCUT2D eigenvalue weighted by atomic mass is 10.0. The van der Waals surface area contributed by atoms with Crippen molar-refractivity contribution in [1.82, 2.24) is 9.88 Å². The lowest BCUT2D eigenvalue weighted by Crippen LogP contribution is -2.26. The van der Waals surface area contributed by atoms with Gasteiger partial charge in [0, 0.05) is 42.7 Å². The van der Waals surface area contributed by atoms with E-state index in [4.69, 9.17) is 4.74 Å². The second-order valence-corrected chi connectivity index (χ2v) is 7.13. The second kappa shape index (κ2) is 7.90. The van der Waals surface area contributed by atoms with Crippen molar-refractivity contribution in [2.45, 2.75) is 32.5 Å². The number of rotatable bonds is 7. The van der Waals surface area contributed by atoms with E-state index in [9.17, 15) is 0 Å². The van der Waals surface area contributed by atoms with Crippen LogP contribution in [0.1, 0.15) is 24.6 Å². The molecule has 2 aromatic rings. The molecule has 1 saturated heterocycles. The van der Waals surface area contributed by atoms with Crippen molar-refractivity contribution in [3.63, 3.8) is 0 Å². The Morgan fingerprint density at radius 3 is 3.09 bits per heavy atom. The van der Waals surface area contributed by atoms with Crippen LogP contribution < -0.4 is 5.32 Å². The number of ether oxygens (including phenoxy) is 1. The number of hydrogen-bond donors (Lipinski definition) is 1. The summed E-state index contributed by atoms with van der Waals surface area (Å²) in [7, 11) is 2.14. The summed E-state index contributed by atoms with van der Waals surface area (Å²) in [5.74, 6) is 0.617. The molecule has 0 bridgehead atoms. The number of thiazole rings is 1. The molecule has 23 heavy (non-hydrogen) atoms. The average molecular weight is 331 g/mol. The van der Waals surface area contributed by atoms with E-state index in [-0.39, 0.29) is 0 Å². The smallest absolute Gasteiger partial charge is 0.0795 e. The molecule has 0 saturated carbocycles. The predicted molar refractivity (Wildman–Crippen MR) is 95.7 cm³/mol. The Kier molecular flexibility index (Phi) is 5.65. The topological polar surface area (TPSA) is 37.4 Å². The Hall–Kier alpha value is -1.43. The maximum Gasteiger partial charge on any atom is 0.0795 e. The fourth-order valence-electron chi connectivity index (χ4n) is 3.05. The molecule has 1 N–H and O–H groups in total. The Morgan fingerprint density at radius 2 is 2.35 bits per heavy atom. The maximum absolute atomic E-state index is 5.49. The molecule has 1 fully saturated rings. The van der Waals surface area contributed by atoms with Crippen molar-refractivity contribution in [2.24, 2.45) is 5.92 Å². The lowest BCUT2D eigenvalue weighted by Gasteiger charge is -2.21. The van der Waals surface area contributed by atoms with Crippen LogP contribution in [-0.4, -0.2) is 36.2 Å². The normalized spacial score (nSPS) is 19.2. The van der Waals surface area contributed by atoms with Gasteiger partial charge in [-0.3, -0.25) is 4.90 Å². The number of benzene rings is 1. The van der Waals surface area contributed by atoms with E-state index in [0.29, 0.717) is 12.0 Å². The van der Waals surface area contributed by atoms with Gasteiger partial charge in [-0.2, -0.15) is 0 Å². The summed E-state index contributed by atoms with van der Waals surface area (Å²) in [5, 5.41) is 5.74. The zero-order chi connectivity index (χ0) is 16.1. The van der Waals surface area contributed by atoms with Crippen molar-refractivity contribution in [1.29, 1.82) is 0 Å². The fraction of sp³-hybridized carbons (Fsp3) is 0.500. The van der Waals surface area contributed by atoms with Crippen LogP contribution in [0.4, 0.5) is 5.69 Å². The van der Waals surface area contributed by atoms with Gasteiger partial charge in [-0.1, -0.05) is 12.1 Å². The molecular weight excluding hydrogens is 306 g/mol. The first kappa shape index (κ1) is 16.4. The van der Waals surface area contributed by atoms with Crippen molar-refractivity contribution >= 4 is 17.0 Å². The highest BCUT2D eigenvalue weighted by Gasteiger charge is 2.22. The molecule has 0 amide bonds. The third-order valence-corrected chi connectivity index (χ3v) is 5.00. The summed E-state index contributed by atoms with van der Waals surface area (Å²) >= 11 is 1.65. The number of aromatic nitrogens is 1. The van der Waals surface area contributed by atoms with Gasteiger partial charge in [0.05, 0.1) is 17.8 Å². The first-order chi connectivity index (χ1) is 11.2. The number of anilines is 1. The van der Waals surface area contributed by atoms with Crippen LogP contribution in [-0.2, 0) is 17.8 Å². The first-order valence-electron chi connectivity index (χ1n) is 8.19. The van der Waals surface area contributed by atoms with Crippen LogP contribution in [0, 0.1) is 5.92 Å². The summed E-state index contributed by atoms with van der Waals surface area (Å²) in [6, 6.07) is 9.17. The molecule has 1 aromatic carbocycles. The van der Waals surface area contributed by atoms with Crippen LogP contribution in [0.2, 0.25) is 0 Å². The predicted octanol–water partition coefficient (Wildman–Crippen LogP) is 3.61. The van der Waals surface area contributed by atoms with Gasteiger partial charge in [0.15, 0.2) is 0 Å². The van der Waals surface area contributed by atoms with Crippen LogP contribution >= 0.6 is 11.3 Å². The van der Waals surface area contributed by atoms with E-state index in [0.717, 1.165) is 38.4 Å². The number of nitrogens with one attached hydrogen (secondary N) is 1. The Labute approximate surface area is 142 Å². The van der Waals surface area contributed by atoms with Crippen LogP contribution in [0.15, 0.2) is 35.2 Å². The van der Waals surface area contributed by atoms with E-state index in [2.05, 4.69) is 58.8 Å². The third-order valence-electron chi connectivity index (χ3n) is 4.36. The quantitative estimate of drug-likeness (QED) is 0.841. The van der Waals surface area contributed by atoms with E-state index in [1.54, 1.807) is 11.3 Å². The minimum absolute atomic E-state index is 0.445. The zero-order valence-electron chi connectivity index (χ0n) is 13.9. The van der Waals surface area contributed by atoms with Gasteiger partial charge in [-0.15, -0.1) is 11.3 Å². The Balaban J connectivity index is 1.56. The van der Waals surface area contributed by atoms with Gasteiger partial charge < -0.3 is 10.1 Å². The van der Waals surface area contributed by atoms with Gasteiger partial charge in [-0.25, -0.2) is 4.98 Å². The van der Waals surface area contributed by atoms with Gasteiger partial charge >= 0.3 is 0 Å². The molecule has 0 unspecified atom stereocenters. The molecule has 0 radical (unpaired) electrons. The molecule has 124 valence electrons. The largest absolute Gasteiger partial charge is 0.382 e. The van der Waals surface area contributed by atoms with Crippen LogP contribution in [0.3, 0.4) is 0 Å². The monoisotopic (exact) mass is 331 g/mol. The molecule has 4 nitrogen and oxygen atoms in total. The standard InChI is InChI=1S/C18H25N3OS/c1-14(16-6-7-22-11-16)20-17-5-3-4-15(8-17)9-21(2)10-18-12-23-13-19-18/h3-5,8,12-14,16,20H,6-7,9-11H2,1-2H3/t14-,16+/m1/s1. The molecule has 3 rings (SSSR count). The first-order valence-corrected chi connectivity index (χ1v) is 9.14. The van der Waals surface area contributed by atoms with Crippen LogP contribution in [0.5, 0.6) is 0 Å². The number of hydrogen-bond acceptors (Lipinski definition) is 5. The third kappa shape index (κ3) is 4.77. The molecule has 1 aliphatic heterocycles. The molecule has 2 atom stereocenters. The average Bonchev–Trinajstić information content (AvgIpc) is 3.20. The van der Waals surface area contributed by atoms with E-state index in [1.165, 1.54) is 11.3 Å². The van der Waals surface area contributed by atoms with Gasteiger partial charge in [0.1, 0.15) is 0 Å². The lowest BCUT2D eigenvalue weighted by molar-refractivity contribution is 0.183. The van der Waals surface area contributed by atoms with Crippen molar-refractivity contribution in [3.8, 4) is 0 Å². The Morgan fingerprint density at radius 1 is 1.43 bits per heavy atom. The molecule has 0 spiro atoms. The maximum atomic E-state index is 5.49. The summed E-state index contributed by atoms with van der Waals surface area (Å²) in [6.07, 6.45) is 1.16. The highest BCUT2D eigenvalue weighted by molar-refractivity contribution is 7.07. The zero-order valence-corrected chi connectivity index (χ0v) is 14.7. The fourth-order valence-corrected chi connectivity index (χ4v) is 3.60. The minimum atomic E-state index is 0.445. The summed E-state index contributed by atoms with van der Waals surface area (Å²) in [4.78, 5) is 6.65. The Bertz CT molecular complexity index is 596. The summed E-state index contributed by atoms with van der Waals surface area (Å²) in [5.41, 5.74) is 5.55. The molecular formula is C18H25N3OS. The van der Waals surface area contributed by atoms with E-state index in [1.807, 2.05) is 5.51 Å². The minimum Gasteiger partial charge on any atom is -0.382 e. The summed E-state index contributed by atoms with van der Waals surface area (Å²) in [6.45, 7) is 5.84. The van der Waals surface area contributed by atoms with Gasteiger partial charge in [0.2, 0.25) is 0 Å². The second-order valence-electron chi connectivity index (χ2n) is 6.41. The molecule has 2 heterocycles. The highest BCUT2D eigenvalue weighted by Crippen LogP contribution is 2.21. The SMILES string of the molecule is C[C@@H](Nc1cccc(CN(C)Cc2cscn2)c1)[C@H]1CCOC1. The summed E-state index contributed by atoms with van der Waals surface area (Å²) < 4.78 is 5.49. The van der Waals surface area contributed by atoms with Crippen molar-refractivity contribution in [3.05, 3.63) is 46.4 Å². The van der Waals surface area contributed by atoms with Gasteiger partial charge in [-0.05, 0) is 38.1 Å². The van der Waals surface area contributed by atoms with E-state index >= 15 is 0 Å². The van der Waals surface area contributed by atoms with Gasteiger partial charge in [0.25, 0.3) is 0 Å². The highest BCUT2D eigenvalue weighted by atomic mass is 32.1. The molecule has 1 aromatic heterocycles. The van der Waals surface area contributed by atoms with Crippen LogP contribution in [0.25, 0.3) is 0 Å². The molecule has 5 heteroatoms. The van der Waals surface area contributed by atoms with Crippen molar-refractivity contribution < 1.29 is 4.74 Å². The van der Waals surface area contributed by atoms with E-state index < -0.39 is 0 Å². The number of nitrogens with zero attached hydrogens (tertiary/aromatic N) is 2.